The topological polar surface area (TPSA) is 75.6 Å². The molecule has 0 radical (unpaired) electrons. The van der Waals surface area contributed by atoms with Crippen LogP contribution in [0.4, 0.5) is 0 Å². The van der Waals surface area contributed by atoms with Crippen molar-refractivity contribution in [2.45, 2.75) is 24.3 Å². The third-order valence-electron chi connectivity index (χ3n) is 2.26. The van der Waals surface area contributed by atoms with Gasteiger partial charge in [-0.1, -0.05) is 0 Å². The van der Waals surface area contributed by atoms with Gasteiger partial charge in [-0.2, -0.15) is 0 Å². The molecule has 18 heavy (non-hydrogen) atoms. The van der Waals surface area contributed by atoms with Gasteiger partial charge in [0.2, 0.25) is 10.0 Å². The highest BCUT2D eigenvalue weighted by molar-refractivity contribution is 9.11. The lowest BCUT2D eigenvalue weighted by Gasteiger charge is -2.10. The number of hydrogen-bond donors (Lipinski definition) is 2. The Morgan fingerprint density at radius 3 is 2.78 bits per heavy atom. The Morgan fingerprint density at radius 2 is 2.28 bits per heavy atom. The minimum atomic E-state index is -3.50. The number of sulfonamides is 1. The molecule has 0 saturated carbocycles. The highest BCUT2D eigenvalue weighted by atomic mass is 79.9. The Balaban J connectivity index is 2.58. The number of aliphatic hydroxyl groups is 1. The van der Waals surface area contributed by atoms with E-state index < -0.39 is 16.1 Å². The molecule has 0 bridgehead atoms. The van der Waals surface area contributed by atoms with Gasteiger partial charge in [0.15, 0.2) is 0 Å². The van der Waals surface area contributed by atoms with E-state index in [-0.39, 0.29) is 18.0 Å². The number of ether oxygens (including phenoxy) is 1. The number of nitrogens with one attached hydrogen (secondary N) is 1. The molecule has 0 saturated heterocycles. The third-order valence-corrected chi connectivity index (χ3v) is 5.53. The Morgan fingerprint density at radius 1 is 1.61 bits per heavy atom. The fraction of sp³-hybridized carbons (Fsp3) is 0.600. The first-order chi connectivity index (χ1) is 8.36. The molecule has 0 aliphatic heterocycles. The van der Waals surface area contributed by atoms with Crippen LogP contribution in [-0.4, -0.2) is 39.9 Å². The van der Waals surface area contributed by atoms with Crippen molar-refractivity contribution in [1.82, 2.24) is 4.72 Å². The van der Waals surface area contributed by atoms with Crippen molar-refractivity contribution in [3.05, 3.63) is 14.7 Å². The highest BCUT2D eigenvalue weighted by Gasteiger charge is 2.19. The van der Waals surface area contributed by atoms with Crippen LogP contribution in [0.3, 0.4) is 0 Å². The summed E-state index contributed by atoms with van der Waals surface area (Å²) in [6, 6.07) is 1.58. The molecule has 0 aliphatic carbocycles. The summed E-state index contributed by atoms with van der Waals surface area (Å²) in [5.74, 6) is 0. The van der Waals surface area contributed by atoms with Crippen LogP contribution in [0.25, 0.3) is 0 Å². The SMILES string of the molecule is COCC(O)CCNS(=O)(=O)c1cc(Br)sc1C. The molecule has 2 N–H and O–H groups in total. The molecule has 1 unspecified atom stereocenters. The second kappa shape index (κ2) is 6.97. The summed E-state index contributed by atoms with van der Waals surface area (Å²) in [4.78, 5) is 1.01. The number of aliphatic hydroxyl groups excluding tert-OH is 1. The quantitative estimate of drug-likeness (QED) is 0.775. The predicted octanol–water partition coefficient (Wildman–Crippen LogP) is 1.49. The number of halogens is 1. The van der Waals surface area contributed by atoms with Crippen LogP contribution in [0.1, 0.15) is 11.3 Å². The molecule has 5 nitrogen and oxygen atoms in total. The minimum absolute atomic E-state index is 0.180. The summed E-state index contributed by atoms with van der Waals surface area (Å²) >= 11 is 4.63. The zero-order valence-electron chi connectivity index (χ0n) is 10.1. The van der Waals surface area contributed by atoms with Gasteiger partial charge in [-0.25, -0.2) is 13.1 Å². The molecule has 1 aromatic heterocycles. The Hall–Kier alpha value is 0.01000. The summed E-state index contributed by atoms with van der Waals surface area (Å²) < 4.78 is 31.9. The molecule has 0 aromatic carbocycles. The average Bonchev–Trinajstić information content (AvgIpc) is 2.58. The first-order valence-electron chi connectivity index (χ1n) is 5.29. The van der Waals surface area contributed by atoms with Crippen molar-refractivity contribution in [3.63, 3.8) is 0 Å². The number of aryl methyl sites for hydroxylation is 1. The van der Waals surface area contributed by atoms with Crippen LogP contribution in [0.15, 0.2) is 14.7 Å². The lowest BCUT2D eigenvalue weighted by Crippen LogP contribution is -2.28. The molecule has 1 atom stereocenters. The molecule has 1 rings (SSSR count). The van der Waals surface area contributed by atoms with Crippen LogP contribution >= 0.6 is 27.3 Å². The van der Waals surface area contributed by atoms with E-state index in [9.17, 15) is 13.5 Å². The van der Waals surface area contributed by atoms with Crippen LogP contribution in [0, 0.1) is 6.92 Å². The maximum absolute atomic E-state index is 12.0. The Labute approximate surface area is 119 Å². The molecule has 104 valence electrons. The largest absolute Gasteiger partial charge is 0.391 e. The summed E-state index contributed by atoms with van der Waals surface area (Å²) in [5, 5.41) is 9.41. The van der Waals surface area contributed by atoms with E-state index in [2.05, 4.69) is 20.7 Å². The number of hydrogen-bond acceptors (Lipinski definition) is 5. The van der Waals surface area contributed by atoms with Gasteiger partial charge in [0.05, 0.1) is 21.4 Å². The molecule has 1 aromatic rings. The van der Waals surface area contributed by atoms with E-state index in [1.807, 2.05) is 0 Å². The Kier molecular flexibility index (Phi) is 6.22. The van der Waals surface area contributed by atoms with Gasteiger partial charge < -0.3 is 9.84 Å². The molecule has 0 fully saturated rings. The van der Waals surface area contributed by atoms with Gasteiger partial charge in [0, 0.05) is 18.5 Å². The van der Waals surface area contributed by atoms with Crippen molar-refractivity contribution >= 4 is 37.3 Å². The molecule has 1 heterocycles. The molecule has 0 spiro atoms. The van der Waals surface area contributed by atoms with Gasteiger partial charge in [-0.3, -0.25) is 0 Å². The van der Waals surface area contributed by atoms with Crippen molar-refractivity contribution in [2.75, 3.05) is 20.3 Å². The standard InChI is InChI=1S/C10H16BrNO4S2/c1-7-9(5-10(11)17-7)18(14,15)12-4-3-8(13)6-16-2/h5,8,12-13H,3-4,6H2,1-2H3. The van der Waals surface area contributed by atoms with Gasteiger partial charge in [-0.05, 0) is 35.3 Å². The normalized spacial score (nSPS) is 13.8. The Bertz CT molecular complexity index is 486. The van der Waals surface area contributed by atoms with E-state index in [1.165, 1.54) is 18.4 Å². The predicted molar refractivity (Wildman–Crippen MR) is 74.4 cm³/mol. The summed E-state index contributed by atoms with van der Waals surface area (Å²) in [5.41, 5.74) is 0. The van der Waals surface area contributed by atoms with Gasteiger partial charge in [0.1, 0.15) is 0 Å². The van der Waals surface area contributed by atoms with Gasteiger partial charge in [0.25, 0.3) is 0 Å². The zero-order valence-corrected chi connectivity index (χ0v) is 13.4. The summed E-state index contributed by atoms with van der Waals surface area (Å²) in [6.45, 7) is 2.13. The fourth-order valence-electron chi connectivity index (χ4n) is 1.41. The van der Waals surface area contributed by atoms with Gasteiger partial charge in [-0.15, -0.1) is 11.3 Å². The molecule has 0 amide bonds. The number of rotatable bonds is 7. The monoisotopic (exact) mass is 357 g/mol. The number of thiophene rings is 1. The lowest BCUT2D eigenvalue weighted by atomic mass is 10.3. The van der Waals surface area contributed by atoms with E-state index >= 15 is 0 Å². The molecular formula is C10H16BrNO4S2. The van der Waals surface area contributed by atoms with E-state index in [0.29, 0.717) is 6.42 Å². The fourth-order valence-corrected chi connectivity index (χ4v) is 4.87. The summed E-state index contributed by atoms with van der Waals surface area (Å²) in [7, 11) is -2.02. The number of methoxy groups -OCH3 is 1. The first-order valence-corrected chi connectivity index (χ1v) is 8.38. The highest BCUT2D eigenvalue weighted by Crippen LogP contribution is 2.29. The lowest BCUT2D eigenvalue weighted by molar-refractivity contribution is 0.0603. The van der Waals surface area contributed by atoms with E-state index in [0.717, 1.165) is 8.66 Å². The maximum Gasteiger partial charge on any atom is 0.241 e. The molecule has 0 aliphatic rings. The second-order valence-corrected chi connectivity index (χ2v) is 8.14. The van der Waals surface area contributed by atoms with Crippen molar-refractivity contribution in [2.24, 2.45) is 0 Å². The summed E-state index contributed by atoms with van der Waals surface area (Å²) in [6.07, 6.45) is -0.342. The van der Waals surface area contributed by atoms with Crippen LogP contribution < -0.4 is 4.72 Å². The maximum atomic E-state index is 12.0. The van der Waals surface area contributed by atoms with E-state index in [1.54, 1.807) is 13.0 Å². The van der Waals surface area contributed by atoms with Gasteiger partial charge >= 0.3 is 0 Å². The van der Waals surface area contributed by atoms with Crippen LogP contribution in [0.2, 0.25) is 0 Å². The van der Waals surface area contributed by atoms with Crippen molar-refractivity contribution in [1.29, 1.82) is 0 Å². The third kappa shape index (κ3) is 4.60. The molecular weight excluding hydrogens is 342 g/mol. The van der Waals surface area contributed by atoms with Crippen LogP contribution in [-0.2, 0) is 14.8 Å². The van der Waals surface area contributed by atoms with E-state index in [4.69, 9.17) is 4.74 Å². The molecule has 8 heteroatoms. The second-order valence-electron chi connectivity index (χ2n) is 3.77. The van der Waals surface area contributed by atoms with Crippen molar-refractivity contribution < 1.29 is 18.3 Å². The average molecular weight is 358 g/mol. The minimum Gasteiger partial charge on any atom is -0.391 e. The zero-order chi connectivity index (χ0) is 13.8. The smallest absolute Gasteiger partial charge is 0.241 e. The first kappa shape index (κ1) is 16.1. The van der Waals surface area contributed by atoms with Crippen molar-refractivity contribution in [3.8, 4) is 0 Å². The van der Waals surface area contributed by atoms with Crippen LogP contribution in [0.5, 0.6) is 0 Å².